The quantitative estimate of drug-likeness (QED) is 0.530. The number of rotatable bonds is 5. The van der Waals surface area contributed by atoms with Gasteiger partial charge in [0.05, 0.1) is 25.5 Å². The molecular formula is C18H19BrN2O2S2. The number of aryl methyl sites for hydroxylation is 2. The molecule has 0 aliphatic heterocycles. The molecule has 0 N–H and O–H groups in total. The topological polar surface area (TPSA) is 43.6 Å². The van der Waals surface area contributed by atoms with Crippen LogP contribution in [0.3, 0.4) is 0 Å². The molecule has 0 unspecified atom stereocenters. The minimum atomic E-state index is -0.207. The van der Waals surface area contributed by atoms with E-state index < -0.39 is 0 Å². The SMILES string of the molecule is CCOCCn1c(=NC(=O)c2ccc(Br)s2)sc2c(C)cc(C)cc21. The van der Waals surface area contributed by atoms with Crippen LogP contribution in [0.4, 0.5) is 0 Å². The largest absolute Gasteiger partial charge is 0.380 e. The van der Waals surface area contributed by atoms with Crippen LogP contribution in [0, 0.1) is 13.8 Å². The van der Waals surface area contributed by atoms with E-state index in [0.29, 0.717) is 24.6 Å². The summed E-state index contributed by atoms with van der Waals surface area (Å²) >= 11 is 6.35. The lowest BCUT2D eigenvalue weighted by Gasteiger charge is -2.06. The second-order valence-corrected chi connectivity index (χ2v) is 9.12. The van der Waals surface area contributed by atoms with Crippen molar-refractivity contribution >= 4 is 54.7 Å². The molecule has 0 saturated heterocycles. The lowest BCUT2D eigenvalue weighted by atomic mass is 10.1. The Balaban J connectivity index is 2.12. The molecule has 0 radical (unpaired) electrons. The highest BCUT2D eigenvalue weighted by Gasteiger charge is 2.12. The van der Waals surface area contributed by atoms with Gasteiger partial charge in [-0.15, -0.1) is 11.3 Å². The van der Waals surface area contributed by atoms with Crippen LogP contribution in [-0.2, 0) is 11.3 Å². The molecule has 2 aromatic heterocycles. The number of thiazole rings is 1. The van der Waals surface area contributed by atoms with Gasteiger partial charge in [-0.1, -0.05) is 17.4 Å². The Labute approximate surface area is 162 Å². The third-order valence-corrected chi connectivity index (χ3v) is 6.60. The highest BCUT2D eigenvalue weighted by atomic mass is 79.9. The van der Waals surface area contributed by atoms with Crippen molar-refractivity contribution in [2.75, 3.05) is 13.2 Å². The maximum Gasteiger partial charge on any atom is 0.289 e. The Morgan fingerprint density at radius 3 is 2.76 bits per heavy atom. The van der Waals surface area contributed by atoms with E-state index in [2.05, 4.69) is 51.5 Å². The van der Waals surface area contributed by atoms with Crippen LogP contribution < -0.4 is 4.80 Å². The normalized spacial score (nSPS) is 12.2. The van der Waals surface area contributed by atoms with Gasteiger partial charge in [0.2, 0.25) is 0 Å². The highest BCUT2D eigenvalue weighted by Crippen LogP contribution is 2.25. The molecule has 25 heavy (non-hydrogen) atoms. The zero-order valence-electron chi connectivity index (χ0n) is 14.3. The van der Waals surface area contributed by atoms with Crippen molar-refractivity contribution in [1.82, 2.24) is 4.57 Å². The van der Waals surface area contributed by atoms with Crippen molar-refractivity contribution < 1.29 is 9.53 Å². The Bertz CT molecular complexity index is 985. The van der Waals surface area contributed by atoms with Crippen LogP contribution in [-0.4, -0.2) is 23.7 Å². The van der Waals surface area contributed by atoms with Gasteiger partial charge < -0.3 is 9.30 Å². The predicted molar refractivity (Wildman–Crippen MR) is 108 cm³/mol. The van der Waals surface area contributed by atoms with Crippen molar-refractivity contribution in [3.05, 3.63) is 48.9 Å². The van der Waals surface area contributed by atoms with Gasteiger partial charge in [-0.3, -0.25) is 4.79 Å². The Hall–Kier alpha value is -1.28. The number of fused-ring (bicyclic) bond motifs is 1. The molecule has 3 aromatic rings. The van der Waals surface area contributed by atoms with Gasteiger partial charge >= 0.3 is 0 Å². The average molecular weight is 439 g/mol. The van der Waals surface area contributed by atoms with E-state index >= 15 is 0 Å². The van der Waals surface area contributed by atoms with E-state index in [0.717, 1.165) is 14.1 Å². The third-order valence-electron chi connectivity index (χ3n) is 3.76. The van der Waals surface area contributed by atoms with E-state index in [1.165, 1.54) is 27.2 Å². The summed E-state index contributed by atoms with van der Waals surface area (Å²) in [4.78, 5) is 18.3. The van der Waals surface area contributed by atoms with Crippen molar-refractivity contribution in [3.63, 3.8) is 0 Å². The van der Waals surface area contributed by atoms with Crippen LogP contribution >= 0.6 is 38.6 Å². The molecule has 0 saturated carbocycles. The molecule has 4 nitrogen and oxygen atoms in total. The molecule has 0 aliphatic carbocycles. The van der Waals surface area contributed by atoms with Crippen LogP contribution in [0.1, 0.15) is 27.7 Å². The summed E-state index contributed by atoms with van der Waals surface area (Å²) in [6, 6.07) is 7.98. The number of halogens is 1. The number of benzene rings is 1. The number of amides is 1. The molecule has 7 heteroatoms. The summed E-state index contributed by atoms with van der Waals surface area (Å²) < 4.78 is 9.71. The summed E-state index contributed by atoms with van der Waals surface area (Å²) in [5.74, 6) is -0.207. The number of hydrogen-bond acceptors (Lipinski definition) is 4. The standard InChI is InChI=1S/C18H19BrN2O2S2/c1-4-23-8-7-21-13-10-11(2)9-12(3)16(13)25-18(21)20-17(22)14-5-6-15(19)24-14/h5-6,9-10H,4,7-8H2,1-3H3. The lowest BCUT2D eigenvalue weighted by Crippen LogP contribution is -2.19. The highest BCUT2D eigenvalue weighted by molar-refractivity contribution is 9.11. The molecule has 132 valence electrons. The summed E-state index contributed by atoms with van der Waals surface area (Å²) in [7, 11) is 0. The van der Waals surface area contributed by atoms with E-state index in [-0.39, 0.29) is 5.91 Å². The minimum Gasteiger partial charge on any atom is -0.380 e. The number of nitrogens with zero attached hydrogens (tertiary/aromatic N) is 2. The van der Waals surface area contributed by atoms with Gasteiger partial charge in [0.1, 0.15) is 0 Å². The molecular weight excluding hydrogens is 420 g/mol. The number of carbonyl (C=O) groups is 1. The fourth-order valence-electron chi connectivity index (χ4n) is 2.69. The third kappa shape index (κ3) is 4.11. The van der Waals surface area contributed by atoms with E-state index in [1.807, 2.05) is 13.0 Å². The second kappa shape index (κ2) is 7.95. The van der Waals surface area contributed by atoms with E-state index in [9.17, 15) is 4.79 Å². The van der Waals surface area contributed by atoms with Gasteiger partial charge in [0, 0.05) is 13.2 Å². The Morgan fingerprint density at radius 1 is 1.28 bits per heavy atom. The average Bonchev–Trinajstić information content (AvgIpc) is 3.13. The molecule has 0 aliphatic rings. The first kappa shape index (κ1) is 18.5. The van der Waals surface area contributed by atoms with Crippen LogP contribution in [0.2, 0.25) is 0 Å². The van der Waals surface area contributed by atoms with Crippen molar-refractivity contribution in [3.8, 4) is 0 Å². The summed E-state index contributed by atoms with van der Waals surface area (Å²) in [6.45, 7) is 8.12. The fourth-order valence-corrected chi connectivity index (χ4v) is 5.06. The summed E-state index contributed by atoms with van der Waals surface area (Å²) in [6.07, 6.45) is 0. The molecule has 0 spiro atoms. The van der Waals surface area contributed by atoms with Crippen molar-refractivity contribution in [1.29, 1.82) is 0 Å². The van der Waals surface area contributed by atoms with Crippen LogP contribution in [0.5, 0.6) is 0 Å². The van der Waals surface area contributed by atoms with E-state index in [1.54, 1.807) is 17.4 Å². The van der Waals surface area contributed by atoms with Gasteiger partial charge in [-0.2, -0.15) is 4.99 Å². The number of aromatic nitrogens is 1. The molecule has 0 atom stereocenters. The summed E-state index contributed by atoms with van der Waals surface area (Å²) in [5.41, 5.74) is 3.52. The molecule has 2 heterocycles. The first-order valence-corrected chi connectivity index (χ1v) is 10.4. The van der Waals surface area contributed by atoms with Crippen LogP contribution in [0.15, 0.2) is 33.0 Å². The summed E-state index contributed by atoms with van der Waals surface area (Å²) in [5, 5.41) is 0. The molecule has 3 rings (SSSR count). The molecule has 1 aromatic carbocycles. The zero-order valence-corrected chi connectivity index (χ0v) is 17.6. The van der Waals surface area contributed by atoms with Crippen molar-refractivity contribution in [2.24, 2.45) is 4.99 Å². The molecule has 0 fully saturated rings. The van der Waals surface area contributed by atoms with Gasteiger partial charge in [-0.05, 0) is 66.0 Å². The maximum atomic E-state index is 12.5. The number of hydrogen-bond donors (Lipinski definition) is 0. The monoisotopic (exact) mass is 438 g/mol. The second-order valence-electron chi connectivity index (χ2n) is 5.68. The first-order valence-electron chi connectivity index (χ1n) is 8.02. The number of ether oxygens (including phenoxy) is 1. The molecule has 1 amide bonds. The maximum absolute atomic E-state index is 12.5. The van der Waals surface area contributed by atoms with E-state index in [4.69, 9.17) is 4.74 Å². The molecule has 0 bridgehead atoms. The Kier molecular flexibility index (Phi) is 5.89. The smallest absolute Gasteiger partial charge is 0.289 e. The predicted octanol–water partition coefficient (Wildman–Crippen LogP) is 4.92. The number of carbonyl (C=O) groups excluding carboxylic acids is 1. The first-order chi connectivity index (χ1) is 12.0. The van der Waals surface area contributed by atoms with Gasteiger partial charge in [0.15, 0.2) is 4.80 Å². The van der Waals surface area contributed by atoms with Gasteiger partial charge in [-0.25, -0.2) is 0 Å². The lowest BCUT2D eigenvalue weighted by molar-refractivity contribution is 0.100. The minimum absolute atomic E-state index is 0.207. The number of thiophene rings is 1. The Morgan fingerprint density at radius 2 is 2.08 bits per heavy atom. The van der Waals surface area contributed by atoms with Crippen LogP contribution in [0.25, 0.3) is 10.2 Å². The zero-order chi connectivity index (χ0) is 18.0. The fraction of sp³-hybridized carbons (Fsp3) is 0.333. The van der Waals surface area contributed by atoms with Crippen molar-refractivity contribution in [2.45, 2.75) is 27.3 Å². The van der Waals surface area contributed by atoms with Gasteiger partial charge in [0.25, 0.3) is 5.91 Å².